The zero-order chi connectivity index (χ0) is 11.7. The van der Waals surface area contributed by atoms with Gasteiger partial charge in [-0.25, -0.2) is 0 Å². The average Bonchev–Trinajstić information content (AvgIpc) is 2.51. The first kappa shape index (κ1) is 13.0. The van der Waals surface area contributed by atoms with Crippen LogP contribution in [0.25, 0.3) is 0 Å². The second-order valence-electron chi connectivity index (χ2n) is 6.19. The van der Waals surface area contributed by atoms with Crippen molar-refractivity contribution in [1.29, 1.82) is 0 Å². The molecule has 3 N–H and O–H groups in total. The standard InChI is InChI=1S/C13H28N2/c1-6-7-8-10(14)9-15-11-12(2,3)13(11,4)5/h10-11,15H,6-9,14H2,1-5H3. The van der Waals surface area contributed by atoms with E-state index in [0.29, 0.717) is 22.9 Å². The summed E-state index contributed by atoms with van der Waals surface area (Å²) in [5.41, 5.74) is 6.91. The maximum atomic E-state index is 6.05. The molecule has 1 rings (SSSR count). The number of hydrogen-bond donors (Lipinski definition) is 2. The molecule has 0 aliphatic heterocycles. The summed E-state index contributed by atoms with van der Waals surface area (Å²) >= 11 is 0. The van der Waals surface area contributed by atoms with E-state index in [-0.39, 0.29) is 0 Å². The molecule has 2 nitrogen and oxygen atoms in total. The third kappa shape index (κ3) is 2.54. The first-order chi connectivity index (χ1) is 6.84. The van der Waals surface area contributed by atoms with Crippen LogP contribution in [-0.2, 0) is 0 Å². The molecule has 0 heterocycles. The Balaban J connectivity index is 2.22. The van der Waals surface area contributed by atoms with Crippen molar-refractivity contribution in [2.24, 2.45) is 16.6 Å². The molecule has 1 aliphatic rings. The van der Waals surface area contributed by atoms with Gasteiger partial charge in [0.25, 0.3) is 0 Å². The van der Waals surface area contributed by atoms with E-state index in [1.165, 1.54) is 12.8 Å². The van der Waals surface area contributed by atoms with Gasteiger partial charge < -0.3 is 11.1 Å². The number of hydrogen-bond acceptors (Lipinski definition) is 2. The van der Waals surface area contributed by atoms with Crippen molar-refractivity contribution in [3.05, 3.63) is 0 Å². The Kier molecular flexibility index (Phi) is 3.83. The third-order valence-corrected chi connectivity index (χ3v) is 4.53. The molecule has 1 fully saturated rings. The fraction of sp³-hybridized carbons (Fsp3) is 1.00. The topological polar surface area (TPSA) is 38.0 Å². The predicted molar refractivity (Wildman–Crippen MR) is 66.9 cm³/mol. The highest BCUT2D eigenvalue weighted by atomic mass is 15.1. The highest BCUT2D eigenvalue weighted by molar-refractivity contribution is 5.17. The van der Waals surface area contributed by atoms with E-state index in [4.69, 9.17) is 5.73 Å². The first-order valence-electron chi connectivity index (χ1n) is 6.33. The molecule has 0 aromatic heterocycles. The number of unbranched alkanes of at least 4 members (excludes halogenated alkanes) is 1. The van der Waals surface area contributed by atoms with Gasteiger partial charge in [0.1, 0.15) is 0 Å². The zero-order valence-corrected chi connectivity index (χ0v) is 11.1. The summed E-state index contributed by atoms with van der Waals surface area (Å²) in [5.74, 6) is 0. The lowest BCUT2D eigenvalue weighted by molar-refractivity contribution is 0.457. The quantitative estimate of drug-likeness (QED) is 0.710. The maximum Gasteiger partial charge on any atom is 0.0181 e. The minimum Gasteiger partial charge on any atom is -0.327 e. The summed E-state index contributed by atoms with van der Waals surface area (Å²) in [7, 11) is 0. The van der Waals surface area contributed by atoms with Gasteiger partial charge in [-0.15, -0.1) is 0 Å². The van der Waals surface area contributed by atoms with Gasteiger partial charge in [-0.3, -0.25) is 0 Å². The van der Waals surface area contributed by atoms with Crippen molar-refractivity contribution in [3.8, 4) is 0 Å². The Bertz CT molecular complexity index is 195. The Morgan fingerprint density at radius 2 is 1.73 bits per heavy atom. The van der Waals surface area contributed by atoms with Crippen LogP contribution < -0.4 is 11.1 Å². The average molecular weight is 212 g/mol. The lowest BCUT2D eigenvalue weighted by Crippen LogP contribution is -2.36. The van der Waals surface area contributed by atoms with Crippen molar-refractivity contribution < 1.29 is 0 Å². The van der Waals surface area contributed by atoms with Crippen molar-refractivity contribution >= 4 is 0 Å². The highest BCUT2D eigenvalue weighted by Gasteiger charge is 2.64. The van der Waals surface area contributed by atoms with Crippen LogP contribution in [0, 0.1) is 10.8 Å². The van der Waals surface area contributed by atoms with E-state index in [0.717, 1.165) is 13.0 Å². The lowest BCUT2D eigenvalue weighted by atomic mass is 10.0. The molecule has 1 aliphatic carbocycles. The summed E-state index contributed by atoms with van der Waals surface area (Å²) in [5, 5.41) is 3.62. The normalized spacial score (nSPS) is 25.2. The fourth-order valence-electron chi connectivity index (χ4n) is 2.54. The Morgan fingerprint density at radius 3 is 2.13 bits per heavy atom. The van der Waals surface area contributed by atoms with Crippen LogP contribution in [0.5, 0.6) is 0 Å². The van der Waals surface area contributed by atoms with Gasteiger partial charge in [0.05, 0.1) is 0 Å². The van der Waals surface area contributed by atoms with Crippen molar-refractivity contribution in [3.63, 3.8) is 0 Å². The van der Waals surface area contributed by atoms with Crippen LogP contribution in [0.15, 0.2) is 0 Å². The molecule has 15 heavy (non-hydrogen) atoms. The van der Waals surface area contributed by atoms with Gasteiger partial charge in [-0.05, 0) is 17.3 Å². The summed E-state index contributed by atoms with van der Waals surface area (Å²) in [6, 6.07) is 0.967. The van der Waals surface area contributed by atoms with Crippen LogP contribution in [-0.4, -0.2) is 18.6 Å². The molecule has 0 amide bonds. The monoisotopic (exact) mass is 212 g/mol. The van der Waals surface area contributed by atoms with Gasteiger partial charge >= 0.3 is 0 Å². The first-order valence-corrected chi connectivity index (χ1v) is 6.33. The molecule has 2 heteroatoms. The molecule has 0 spiro atoms. The van der Waals surface area contributed by atoms with Crippen molar-refractivity contribution in [1.82, 2.24) is 5.32 Å². The lowest BCUT2D eigenvalue weighted by Gasteiger charge is -2.13. The minimum absolute atomic E-state index is 0.331. The van der Waals surface area contributed by atoms with Gasteiger partial charge in [-0.1, -0.05) is 47.5 Å². The highest BCUT2D eigenvalue weighted by Crippen LogP contribution is 2.62. The van der Waals surface area contributed by atoms with Crippen LogP contribution in [0.2, 0.25) is 0 Å². The number of nitrogens with one attached hydrogen (secondary N) is 1. The van der Waals surface area contributed by atoms with Gasteiger partial charge in [0.2, 0.25) is 0 Å². The molecule has 0 aromatic rings. The van der Waals surface area contributed by atoms with E-state index in [1.54, 1.807) is 0 Å². The van der Waals surface area contributed by atoms with Crippen LogP contribution >= 0.6 is 0 Å². The van der Waals surface area contributed by atoms with E-state index in [9.17, 15) is 0 Å². The Hall–Kier alpha value is -0.0800. The van der Waals surface area contributed by atoms with Crippen molar-refractivity contribution in [2.45, 2.75) is 66.0 Å². The molecule has 1 unspecified atom stereocenters. The molecule has 0 aromatic carbocycles. The second kappa shape index (κ2) is 4.42. The van der Waals surface area contributed by atoms with Gasteiger partial charge in [-0.2, -0.15) is 0 Å². The van der Waals surface area contributed by atoms with E-state index >= 15 is 0 Å². The Labute approximate surface area is 95.0 Å². The summed E-state index contributed by atoms with van der Waals surface area (Å²) in [6.07, 6.45) is 3.64. The van der Waals surface area contributed by atoms with E-state index in [2.05, 4.69) is 39.9 Å². The Morgan fingerprint density at radius 1 is 1.20 bits per heavy atom. The van der Waals surface area contributed by atoms with Crippen LogP contribution in [0.3, 0.4) is 0 Å². The van der Waals surface area contributed by atoms with Crippen LogP contribution in [0.1, 0.15) is 53.9 Å². The molecule has 1 saturated carbocycles. The molecule has 1 atom stereocenters. The SMILES string of the molecule is CCCCC(N)CNC1C(C)(C)C1(C)C. The van der Waals surface area contributed by atoms with Crippen LogP contribution in [0.4, 0.5) is 0 Å². The predicted octanol–water partition coefficient (Wildman–Crippen LogP) is 2.53. The molecule has 0 saturated heterocycles. The zero-order valence-electron chi connectivity index (χ0n) is 11.1. The number of rotatable bonds is 6. The van der Waals surface area contributed by atoms with Crippen molar-refractivity contribution in [2.75, 3.05) is 6.54 Å². The maximum absolute atomic E-state index is 6.05. The summed E-state index contributed by atoms with van der Waals surface area (Å²) in [4.78, 5) is 0. The molecule has 0 radical (unpaired) electrons. The summed E-state index contributed by atoms with van der Waals surface area (Å²) < 4.78 is 0. The molecule has 90 valence electrons. The fourth-order valence-corrected chi connectivity index (χ4v) is 2.54. The molecular formula is C13H28N2. The largest absolute Gasteiger partial charge is 0.327 e. The second-order valence-corrected chi connectivity index (χ2v) is 6.19. The minimum atomic E-state index is 0.331. The molecule has 0 bridgehead atoms. The molecular weight excluding hydrogens is 184 g/mol. The van der Waals surface area contributed by atoms with Gasteiger partial charge in [0.15, 0.2) is 0 Å². The van der Waals surface area contributed by atoms with E-state index < -0.39 is 0 Å². The van der Waals surface area contributed by atoms with E-state index in [1.807, 2.05) is 0 Å². The smallest absolute Gasteiger partial charge is 0.0181 e. The third-order valence-electron chi connectivity index (χ3n) is 4.53. The van der Waals surface area contributed by atoms with Gasteiger partial charge in [0, 0.05) is 18.6 Å². The number of nitrogens with two attached hydrogens (primary N) is 1. The summed E-state index contributed by atoms with van der Waals surface area (Å²) in [6.45, 7) is 12.5.